The molecule has 5 rings (SSSR count). The Bertz CT molecular complexity index is 1590. The number of aryl methyl sites for hydroxylation is 1. The predicted molar refractivity (Wildman–Crippen MR) is 129 cm³/mol. The molecule has 4 aromatic heterocycles. The highest BCUT2D eigenvalue weighted by Gasteiger charge is 2.32. The molecule has 1 fully saturated rings. The number of aromatic nitrogens is 5. The van der Waals surface area contributed by atoms with E-state index < -0.39 is 28.9 Å². The molecule has 15 heteroatoms. The van der Waals surface area contributed by atoms with Crippen LogP contribution < -0.4 is 11.1 Å². The maximum atomic E-state index is 13.4. The van der Waals surface area contributed by atoms with E-state index in [1.165, 1.54) is 34.6 Å². The van der Waals surface area contributed by atoms with Crippen LogP contribution in [0.5, 0.6) is 0 Å². The minimum Gasteiger partial charge on any atom is -0.365 e. The minimum atomic E-state index is -2.79. The number of amides is 2. The lowest BCUT2D eigenvalue weighted by Crippen LogP contribution is -2.18. The maximum absolute atomic E-state index is 13.4. The number of alkyl halides is 2. The molecule has 0 atom stereocenters. The molecule has 0 aliphatic heterocycles. The standard InChI is InChI=1S/C22H20F2N8O4S/c1-9-17(32(35)36)10(2)31(28-9)8-30-6-5-13(29-30)21(34)27-16-15-12(11-3-4-11)7-14(19(23)24)26-22(15)37-18(16)20(25)33/h5-7,11,19H,3-4,8H2,1-2H3,(H2,25,33)(H,27,34). The SMILES string of the molecule is Cc1nn(Cn2ccc(C(=O)Nc3c(C(N)=O)sc4nc(C(F)F)cc(C5CC5)c34)n2)c(C)c1[N+](=O)[O-]. The van der Waals surface area contributed by atoms with Gasteiger partial charge in [0.2, 0.25) is 0 Å². The number of nitrogens with one attached hydrogen (secondary N) is 1. The number of nitro groups is 1. The number of anilines is 1. The van der Waals surface area contributed by atoms with E-state index in [0.717, 1.165) is 24.2 Å². The number of nitrogens with zero attached hydrogens (tertiary/aromatic N) is 6. The molecule has 37 heavy (non-hydrogen) atoms. The Balaban J connectivity index is 1.47. The molecule has 1 aliphatic carbocycles. The number of rotatable bonds is 8. The molecule has 0 unspecified atom stereocenters. The van der Waals surface area contributed by atoms with E-state index in [1.807, 2.05) is 0 Å². The first-order chi connectivity index (χ1) is 17.5. The number of pyridine rings is 1. The summed E-state index contributed by atoms with van der Waals surface area (Å²) in [6, 6.07) is 2.75. The first-order valence-electron chi connectivity index (χ1n) is 11.1. The molecule has 0 bridgehead atoms. The zero-order chi connectivity index (χ0) is 26.6. The Morgan fingerprint density at radius 2 is 2.05 bits per heavy atom. The van der Waals surface area contributed by atoms with Gasteiger partial charge >= 0.3 is 5.69 Å². The van der Waals surface area contributed by atoms with Crippen molar-refractivity contribution in [1.29, 1.82) is 0 Å². The van der Waals surface area contributed by atoms with Gasteiger partial charge in [0.25, 0.3) is 18.2 Å². The fourth-order valence-electron chi connectivity index (χ4n) is 4.23. The number of hydrogen-bond donors (Lipinski definition) is 2. The topological polar surface area (TPSA) is 164 Å². The first-order valence-corrected chi connectivity index (χ1v) is 11.9. The van der Waals surface area contributed by atoms with E-state index in [0.29, 0.717) is 16.6 Å². The van der Waals surface area contributed by atoms with Crippen molar-refractivity contribution in [2.24, 2.45) is 5.73 Å². The van der Waals surface area contributed by atoms with Gasteiger partial charge in [0.05, 0.1) is 10.6 Å². The minimum absolute atomic E-state index is 0.00134. The number of carbonyl (C=O) groups is 2. The zero-order valence-electron chi connectivity index (χ0n) is 19.6. The van der Waals surface area contributed by atoms with Crippen LogP contribution in [0, 0.1) is 24.0 Å². The lowest BCUT2D eigenvalue weighted by molar-refractivity contribution is -0.386. The van der Waals surface area contributed by atoms with Crippen molar-refractivity contribution in [2.45, 2.75) is 45.7 Å². The van der Waals surface area contributed by atoms with Crippen molar-refractivity contribution < 1.29 is 23.3 Å². The van der Waals surface area contributed by atoms with Crippen molar-refractivity contribution in [2.75, 3.05) is 5.32 Å². The quantitative estimate of drug-likeness (QED) is 0.258. The molecular weight excluding hydrogens is 510 g/mol. The molecule has 2 amide bonds. The van der Waals surface area contributed by atoms with Crippen molar-refractivity contribution in [3.05, 3.63) is 61.7 Å². The lowest BCUT2D eigenvalue weighted by Gasteiger charge is -2.09. The highest BCUT2D eigenvalue weighted by molar-refractivity contribution is 7.21. The van der Waals surface area contributed by atoms with Gasteiger partial charge in [-0.25, -0.2) is 18.4 Å². The zero-order valence-corrected chi connectivity index (χ0v) is 20.4. The third-order valence-electron chi connectivity index (χ3n) is 6.09. The fourth-order valence-corrected chi connectivity index (χ4v) is 5.26. The van der Waals surface area contributed by atoms with Gasteiger partial charge in [0, 0.05) is 11.6 Å². The molecule has 12 nitrogen and oxygen atoms in total. The molecule has 1 saturated carbocycles. The molecule has 0 saturated heterocycles. The number of fused-ring (bicyclic) bond motifs is 1. The number of halogens is 2. The summed E-state index contributed by atoms with van der Waals surface area (Å²) in [6.07, 6.45) is 0.313. The summed E-state index contributed by atoms with van der Waals surface area (Å²) >= 11 is 0.849. The number of nitrogens with two attached hydrogens (primary N) is 1. The monoisotopic (exact) mass is 530 g/mol. The Hall–Kier alpha value is -4.27. The molecule has 0 spiro atoms. The molecule has 192 valence electrons. The van der Waals surface area contributed by atoms with Gasteiger partial charge in [-0.15, -0.1) is 11.3 Å². The third-order valence-corrected chi connectivity index (χ3v) is 7.19. The summed E-state index contributed by atoms with van der Waals surface area (Å²) in [5, 5.41) is 22.7. The summed E-state index contributed by atoms with van der Waals surface area (Å²) in [7, 11) is 0. The van der Waals surface area contributed by atoms with Gasteiger partial charge in [-0.05, 0) is 50.3 Å². The van der Waals surface area contributed by atoms with Crippen LogP contribution in [0.3, 0.4) is 0 Å². The highest BCUT2D eigenvalue weighted by Crippen LogP contribution is 2.48. The van der Waals surface area contributed by atoms with Crippen LogP contribution in [0.25, 0.3) is 10.2 Å². The fraction of sp³-hybridized carbons (Fsp3) is 0.318. The molecule has 3 N–H and O–H groups in total. The summed E-state index contributed by atoms with van der Waals surface area (Å²) < 4.78 is 29.6. The largest absolute Gasteiger partial charge is 0.365 e. The smallest absolute Gasteiger partial charge is 0.312 e. The van der Waals surface area contributed by atoms with Gasteiger partial charge < -0.3 is 11.1 Å². The van der Waals surface area contributed by atoms with Crippen LogP contribution in [-0.4, -0.2) is 41.3 Å². The second kappa shape index (κ2) is 8.99. The molecule has 1 aliphatic rings. The Morgan fingerprint density at radius 1 is 1.32 bits per heavy atom. The molecule has 4 heterocycles. The normalized spacial score (nSPS) is 13.4. The predicted octanol–water partition coefficient (Wildman–Crippen LogP) is 3.89. The summed E-state index contributed by atoms with van der Waals surface area (Å²) in [5.74, 6) is -1.45. The summed E-state index contributed by atoms with van der Waals surface area (Å²) in [5.41, 5.74) is 6.35. The van der Waals surface area contributed by atoms with E-state index in [4.69, 9.17) is 5.73 Å². The first kappa shape index (κ1) is 24.4. The Morgan fingerprint density at radius 3 is 2.65 bits per heavy atom. The van der Waals surface area contributed by atoms with E-state index in [2.05, 4.69) is 20.5 Å². The van der Waals surface area contributed by atoms with Crippen molar-refractivity contribution in [3.63, 3.8) is 0 Å². The second-order valence-corrected chi connectivity index (χ2v) is 9.67. The van der Waals surface area contributed by atoms with E-state index >= 15 is 0 Å². The average Bonchev–Trinajstić information content (AvgIpc) is 3.35. The van der Waals surface area contributed by atoms with Crippen molar-refractivity contribution >= 4 is 44.7 Å². The number of hydrogen-bond acceptors (Lipinski definition) is 8. The highest BCUT2D eigenvalue weighted by atomic mass is 32.1. The molecular formula is C22H20F2N8O4S. The van der Waals surface area contributed by atoms with Crippen molar-refractivity contribution in [3.8, 4) is 0 Å². The lowest BCUT2D eigenvalue weighted by atomic mass is 10.0. The molecule has 0 radical (unpaired) electrons. The summed E-state index contributed by atoms with van der Waals surface area (Å²) in [6.45, 7) is 3.11. The number of thiophene rings is 1. The average molecular weight is 531 g/mol. The van der Waals surface area contributed by atoms with Crippen LogP contribution in [0.4, 0.5) is 20.2 Å². The Labute approximate surface area is 211 Å². The van der Waals surface area contributed by atoms with E-state index in [1.54, 1.807) is 6.92 Å². The molecule has 4 aromatic rings. The van der Waals surface area contributed by atoms with Gasteiger partial charge in [-0.2, -0.15) is 10.2 Å². The van der Waals surface area contributed by atoms with Crippen LogP contribution >= 0.6 is 11.3 Å². The molecule has 0 aromatic carbocycles. The maximum Gasteiger partial charge on any atom is 0.312 e. The van der Waals surface area contributed by atoms with E-state index in [-0.39, 0.29) is 45.1 Å². The number of carbonyl (C=O) groups excluding carboxylic acids is 2. The van der Waals surface area contributed by atoms with Crippen LogP contribution in [0.15, 0.2) is 18.3 Å². The van der Waals surface area contributed by atoms with Gasteiger partial charge in [0.1, 0.15) is 33.5 Å². The third kappa shape index (κ3) is 4.41. The van der Waals surface area contributed by atoms with Crippen LogP contribution in [0.1, 0.15) is 68.0 Å². The van der Waals surface area contributed by atoms with Gasteiger partial charge in [-0.3, -0.25) is 24.4 Å². The second-order valence-electron chi connectivity index (χ2n) is 8.67. The Kier molecular flexibility index (Phi) is 5.94. The van der Waals surface area contributed by atoms with Crippen molar-refractivity contribution in [1.82, 2.24) is 24.5 Å². The van der Waals surface area contributed by atoms with Crippen LogP contribution in [-0.2, 0) is 6.67 Å². The van der Waals surface area contributed by atoms with Gasteiger partial charge in [-0.1, -0.05) is 0 Å². The van der Waals surface area contributed by atoms with Crippen LogP contribution in [0.2, 0.25) is 0 Å². The summed E-state index contributed by atoms with van der Waals surface area (Å²) in [4.78, 5) is 40.2. The van der Waals surface area contributed by atoms with Gasteiger partial charge in [0.15, 0.2) is 5.69 Å². The van der Waals surface area contributed by atoms with E-state index in [9.17, 15) is 28.5 Å². The number of primary amides is 1.